The second-order valence-corrected chi connectivity index (χ2v) is 30.6. The van der Waals surface area contributed by atoms with E-state index in [1.165, 1.54) is 0 Å². The Kier molecular flexibility index (Phi) is 57.2. The molecule has 4 aromatic rings. The number of rotatable bonds is 74. The van der Waals surface area contributed by atoms with Gasteiger partial charge in [-0.3, -0.25) is 19.2 Å². The molecule has 0 heterocycles. The van der Waals surface area contributed by atoms with Gasteiger partial charge in [-0.15, -0.1) is 0 Å². The highest BCUT2D eigenvalue weighted by molar-refractivity contribution is 5.89. The molecule has 0 aromatic heterocycles. The maximum absolute atomic E-state index is 14.2. The number of ether oxygens (including phenoxy) is 12. The normalized spacial score (nSPS) is 11.9. The van der Waals surface area contributed by atoms with E-state index in [1.807, 2.05) is 72.8 Å². The molecular weight excluding hydrogens is 1470 g/mol. The molecule has 21 heteroatoms. The molecule has 0 saturated carbocycles. The van der Waals surface area contributed by atoms with Gasteiger partial charge < -0.3 is 73.2 Å². The first-order valence-electron chi connectivity index (χ1n) is 45.2. The summed E-state index contributed by atoms with van der Waals surface area (Å²) in [5, 5.41) is 5.46. The van der Waals surface area contributed by atoms with Crippen molar-refractivity contribution in [2.45, 2.75) is 343 Å². The van der Waals surface area contributed by atoms with Crippen LogP contribution in [0.25, 0.3) is 0 Å². The maximum Gasteiger partial charge on any atom is 0.328 e. The summed E-state index contributed by atoms with van der Waals surface area (Å²) < 4.78 is 73.1. The standard InChI is InChI=1S/C95H151N3O18/c1-9-17-25-33-59-105-82-48-41-75(71-86(82)109-63-37-29-21-13-5)55-67-113-91(100)53-46-80(94(103)115-69-57-77-43-50-84(107-61-35-27-19-11-3)88(73-77)111-65-39-31-23-15-7)97-90(99)52-45-79(96)93(102)98-81(95(104)116-70-58-78-44-51-85(108-62-36-28-20-12-4)89(74-78)112-66-40-32-24-16-8)47-54-92(101)114-68-56-76-42-49-83(106-60-34-26-18-10-2)87(72-76)110-64-38-30-22-14-6/h41-44,48-51,71-74,79-81H,9-40,45-47,52-70,96H2,1-8H3,(H,97,99)(H,98,102)/t79-,80-,81-/m1/s1. The fourth-order valence-corrected chi connectivity index (χ4v) is 12.9. The fourth-order valence-electron chi connectivity index (χ4n) is 12.9. The third-order valence-electron chi connectivity index (χ3n) is 20.2. The number of benzene rings is 4. The lowest BCUT2D eigenvalue weighted by atomic mass is 10.1. The van der Waals surface area contributed by atoms with Gasteiger partial charge in [0, 0.05) is 44.9 Å². The lowest BCUT2D eigenvalue weighted by Crippen LogP contribution is -2.49. The number of hydrogen-bond acceptors (Lipinski definition) is 19. The zero-order chi connectivity index (χ0) is 83.7. The molecule has 0 aliphatic rings. The van der Waals surface area contributed by atoms with Crippen molar-refractivity contribution in [3.05, 3.63) is 95.1 Å². The molecule has 21 nitrogen and oxygen atoms in total. The Morgan fingerprint density at radius 3 is 0.776 bits per heavy atom. The molecule has 4 rings (SSSR count). The van der Waals surface area contributed by atoms with Gasteiger partial charge in [-0.25, -0.2) is 9.59 Å². The van der Waals surface area contributed by atoms with E-state index in [4.69, 9.17) is 62.6 Å². The minimum Gasteiger partial charge on any atom is -0.490 e. The van der Waals surface area contributed by atoms with Crippen molar-refractivity contribution < 1.29 is 85.6 Å². The number of nitrogens with two attached hydrogens (primary N) is 1. The van der Waals surface area contributed by atoms with Crippen molar-refractivity contribution in [1.29, 1.82) is 0 Å². The first-order chi connectivity index (χ1) is 56.7. The number of carbonyl (C=O) groups excluding carboxylic acids is 6. The zero-order valence-electron chi connectivity index (χ0n) is 72.8. The zero-order valence-corrected chi connectivity index (χ0v) is 72.8. The first kappa shape index (κ1) is 100. The highest BCUT2D eigenvalue weighted by Crippen LogP contribution is 2.34. The molecular formula is C95H151N3O18. The Hall–Kier alpha value is -7.94. The maximum atomic E-state index is 14.2. The van der Waals surface area contributed by atoms with Crippen molar-refractivity contribution in [3.8, 4) is 46.0 Å². The SMILES string of the molecule is CCCCCCOc1ccc(CCOC(=O)CC[C@@H](NC(=O)CC[C@@H](N)C(=O)N[C@H](CCC(=O)OCCc2ccc(OCCCCCC)c(OCCCCCC)c2)C(=O)OCCc2ccc(OCCCCCC)c(OCCCCCC)c2)C(=O)OCCc2ccc(OCCCCCC)c(OCCCCCC)c2)cc1OCCCCCC. The summed E-state index contributed by atoms with van der Waals surface area (Å²) in [4.78, 5) is 83.8. The molecule has 3 atom stereocenters. The van der Waals surface area contributed by atoms with E-state index in [0.29, 0.717) is 125 Å². The molecule has 2 amide bonds. The van der Waals surface area contributed by atoms with E-state index >= 15 is 0 Å². The second-order valence-electron chi connectivity index (χ2n) is 30.6. The summed E-state index contributed by atoms with van der Waals surface area (Å²) >= 11 is 0. The Labute approximate surface area is 697 Å². The molecule has 0 fully saturated rings. The van der Waals surface area contributed by atoms with Crippen LogP contribution in [0.1, 0.15) is 322 Å². The van der Waals surface area contributed by atoms with Gasteiger partial charge in [0.2, 0.25) is 11.8 Å². The van der Waals surface area contributed by atoms with Crippen molar-refractivity contribution in [3.63, 3.8) is 0 Å². The van der Waals surface area contributed by atoms with Crippen LogP contribution in [-0.4, -0.2) is 133 Å². The van der Waals surface area contributed by atoms with Crippen LogP contribution in [0.5, 0.6) is 46.0 Å². The van der Waals surface area contributed by atoms with Gasteiger partial charge in [0.15, 0.2) is 46.0 Å². The Morgan fingerprint density at radius 1 is 0.276 bits per heavy atom. The average molecular weight is 1620 g/mol. The van der Waals surface area contributed by atoms with Gasteiger partial charge in [0.1, 0.15) is 12.1 Å². The van der Waals surface area contributed by atoms with Gasteiger partial charge >= 0.3 is 23.9 Å². The smallest absolute Gasteiger partial charge is 0.328 e. The highest BCUT2D eigenvalue weighted by Gasteiger charge is 2.29. The van der Waals surface area contributed by atoms with E-state index in [2.05, 4.69) is 66.0 Å². The summed E-state index contributed by atoms with van der Waals surface area (Å²) in [6.45, 7) is 21.8. The molecule has 654 valence electrons. The summed E-state index contributed by atoms with van der Waals surface area (Å²) in [7, 11) is 0. The number of amides is 2. The van der Waals surface area contributed by atoms with E-state index in [9.17, 15) is 28.8 Å². The van der Waals surface area contributed by atoms with Gasteiger partial charge in [-0.1, -0.05) is 234 Å². The largest absolute Gasteiger partial charge is 0.490 e. The monoisotopic (exact) mass is 1620 g/mol. The quantitative estimate of drug-likeness (QED) is 0.0211. The number of unbranched alkanes of at least 4 members (excludes halogenated alkanes) is 24. The topological polar surface area (TPSA) is 263 Å². The number of nitrogens with one attached hydrogen (secondary N) is 2. The second kappa shape index (κ2) is 66.0. The molecule has 116 heavy (non-hydrogen) atoms. The molecule has 4 N–H and O–H groups in total. The number of carbonyl (C=O) groups is 6. The molecule has 0 spiro atoms. The lowest BCUT2D eigenvalue weighted by Gasteiger charge is -2.21. The minimum absolute atomic E-state index is 0.0400. The van der Waals surface area contributed by atoms with Crippen molar-refractivity contribution in [2.75, 3.05) is 79.3 Å². The average Bonchev–Trinajstić information content (AvgIpc) is 0.888. The fraction of sp³-hybridized carbons (Fsp3) is 0.684. The van der Waals surface area contributed by atoms with Gasteiger partial charge in [0.05, 0.1) is 85.3 Å². The van der Waals surface area contributed by atoms with Gasteiger partial charge in [0.25, 0.3) is 0 Å². The lowest BCUT2D eigenvalue weighted by molar-refractivity contribution is -0.150. The summed E-state index contributed by atoms with van der Waals surface area (Å²) in [5.41, 5.74) is 10.0. The van der Waals surface area contributed by atoms with Crippen molar-refractivity contribution in [1.82, 2.24) is 10.6 Å². The predicted molar refractivity (Wildman–Crippen MR) is 461 cm³/mol. The van der Waals surface area contributed by atoms with Crippen LogP contribution in [0.15, 0.2) is 72.8 Å². The predicted octanol–water partition coefficient (Wildman–Crippen LogP) is 20.4. The van der Waals surface area contributed by atoms with E-state index in [-0.39, 0.29) is 65.0 Å². The van der Waals surface area contributed by atoms with Crippen LogP contribution in [0, 0.1) is 0 Å². The Bertz CT molecular complexity index is 3270. The number of hydrogen-bond donors (Lipinski definition) is 3. The van der Waals surface area contributed by atoms with Crippen LogP contribution in [0.2, 0.25) is 0 Å². The summed E-state index contributed by atoms with van der Waals surface area (Å²) in [6.07, 6.45) is 33.9. The van der Waals surface area contributed by atoms with Crippen LogP contribution < -0.4 is 54.3 Å². The van der Waals surface area contributed by atoms with E-state index in [0.717, 1.165) is 228 Å². The molecule has 4 aromatic carbocycles. The molecule has 0 bridgehead atoms. The van der Waals surface area contributed by atoms with Gasteiger partial charge in [-0.05, 0) is 141 Å². The molecule has 0 unspecified atom stereocenters. The van der Waals surface area contributed by atoms with Gasteiger partial charge in [-0.2, -0.15) is 0 Å². The van der Waals surface area contributed by atoms with Crippen molar-refractivity contribution in [2.24, 2.45) is 5.73 Å². The summed E-state index contributed by atoms with van der Waals surface area (Å²) in [5.74, 6) is 1.03. The molecule has 0 saturated heterocycles. The highest BCUT2D eigenvalue weighted by atomic mass is 16.6. The third kappa shape index (κ3) is 46.3. The molecule has 0 aliphatic carbocycles. The minimum atomic E-state index is -1.34. The van der Waals surface area contributed by atoms with E-state index < -0.39 is 53.8 Å². The van der Waals surface area contributed by atoms with Crippen LogP contribution in [0.3, 0.4) is 0 Å². The van der Waals surface area contributed by atoms with E-state index in [1.54, 1.807) is 0 Å². The molecule has 0 radical (unpaired) electrons. The summed E-state index contributed by atoms with van der Waals surface area (Å²) in [6, 6.07) is 19.0. The number of esters is 4. The molecule has 0 aliphatic heterocycles. The van der Waals surface area contributed by atoms with Crippen LogP contribution in [0.4, 0.5) is 0 Å². The van der Waals surface area contributed by atoms with Crippen LogP contribution >= 0.6 is 0 Å². The third-order valence-corrected chi connectivity index (χ3v) is 20.2. The Morgan fingerprint density at radius 2 is 0.517 bits per heavy atom. The van der Waals surface area contributed by atoms with Crippen LogP contribution in [-0.2, 0) is 73.4 Å². The Balaban J connectivity index is 1.52. The van der Waals surface area contributed by atoms with Crippen molar-refractivity contribution >= 4 is 35.7 Å². The first-order valence-corrected chi connectivity index (χ1v) is 45.2.